The number of nitrogens with zero attached hydrogens (tertiary/aromatic N) is 3. The van der Waals surface area contributed by atoms with E-state index in [-0.39, 0.29) is 23.4 Å². The van der Waals surface area contributed by atoms with Crippen LogP contribution >= 0.6 is 0 Å². The highest BCUT2D eigenvalue weighted by Gasteiger charge is 2.36. The minimum Gasteiger partial charge on any atom is -0.340 e. The van der Waals surface area contributed by atoms with Crippen molar-refractivity contribution < 1.29 is 9.59 Å². The van der Waals surface area contributed by atoms with E-state index >= 15 is 0 Å². The second-order valence-corrected chi connectivity index (χ2v) is 8.43. The quantitative estimate of drug-likeness (QED) is 0.823. The van der Waals surface area contributed by atoms with E-state index in [1.165, 1.54) is 12.8 Å². The molecule has 2 amide bonds. The molecule has 2 fully saturated rings. The molecule has 0 spiro atoms. The molecule has 7 heteroatoms. The van der Waals surface area contributed by atoms with Gasteiger partial charge in [-0.2, -0.15) is 4.98 Å². The molecule has 7 nitrogen and oxygen atoms in total. The molecule has 1 aliphatic heterocycles. The van der Waals surface area contributed by atoms with Gasteiger partial charge in [-0.3, -0.25) is 9.59 Å². The lowest BCUT2D eigenvalue weighted by atomic mass is 10.1. The van der Waals surface area contributed by atoms with E-state index in [1.807, 2.05) is 4.90 Å². The molecule has 1 N–H and O–H groups in total. The molecule has 2 heterocycles. The van der Waals surface area contributed by atoms with E-state index in [0.29, 0.717) is 31.3 Å². The number of H-pyrrole nitrogens is 1. The zero-order valence-electron chi connectivity index (χ0n) is 16.5. The number of amides is 2. The van der Waals surface area contributed by atoms with E-state index in [9.17, 15) is 14.4 Å². The Kier molecular flexibility index (Phi) is 5.97. The van der Waals surface area contributed by atoms with Gasteiger partial charge >= 0.3 is 5.69 Å². The molecule has 1 saturated carbocycles. The van der Waals surface area contributed by atoms with E-state index in [4.69, 9.17) is 0 Å². The Balaban J connectivity index is 1.63. The molecule has 0 radical (unpaired) electrons. The van der Waals surface area contributed by atoms with Crippen LogP contribution in [0.5, 0.6) is 0 Å². The van der Waals surface area contributed by atoms with Crippen molar-refractivity contribution in [1.29, 1.82) is 0 Å². The summed E-state index contributed by atoms with van der Waals surface area (Å²) in [4.78, 5) is 47.1. The number of hydrogen-bond donors (Lipinski definition) is 1. The van der Waals surface area contributed by atoms with Gasteiger partial charge in [-0.05, 0) is 31.2 Å². The normalized spacial score (nSPS) is 20.7. The van der Waals surface area contributed by atoms with Crippen molar-refractivity contribution in [3.63, 3.8) is 0 Å². The van der Waals surface area contributed by atoms with E-state index in [0.717, 1.165) is 25.1 Å². The third kappa shape index (κ3) is 4.76. The van der Waals surface area contributed by atoms with E-state index in [1.54, 1.807) is 18.0 Å². The Labute approximate surface area is 160 Å². The third-order valence-electron chi connectivity index (χ3n) is 5.53. The van der Waals surface area contributed by atoms with Crippen molar-refractivity contribution >= 4 is 11.8 Å². The fourth-order valence-corrected chi connectivity index (χ4v) is 4.33. The summed E-state index contributed by atoms with van der Waals surface area (Å²) in [5.74, 6) is 0.457. The highest BCUT2D eigenvalue weighted by Crippen LogP contribution is 2.29. The van der Waals surface area contributed by atoms with Gasteiger partial charge in [-0.1, -0.05) is 26.7 Å². The maximum atomic E-state index is 12.8. The van der Waals surface area contributed by atoms with Crippen molar-refractivity contribution in [1.82, 2.24) is 19.8 Å². The summed E-state index contributed by atoms with van der Waals surface area (Å²) in [5, 5.41) is 0. The van der Waals surface area contributed by atoms with E-state index < -0.39 is 5.69 Å². The van der Waals surface area contributed by atoms with Gasteiger partial charge < -0.3 is 14.8 Å². The van der Waals surface area contributed by atoms with Crippen LogP contribution < -0.4 is 5.69 Å². The summed E-state index contributed by atoms with van der Waals surface area (Å²) < 4.78 is 0. The van der Waals surface area contributed by atoms with Crippen LogP contribution in [0.4, 0.5) is 0 Å². The van der Waals surface area contributed by atoms with Crippen LogP contribution in [0.3, 0.4) is 0 Å². The van der Waals surface area contributed by atoms with Crippen molar-refractivity contribution in [2.75, 3.05) is 20.1 Å². The monoisotopic (exact) mass is 374 g/mol. The number of nitrogens with one attached hydrogen (secondary N) is 1. The van der Waals surface area contributed by atoms with Gasteiger partial charge in [0.2, 0.25) is 5.91 Å². The lowest BCUT2D eigenvalue weighted by Gasteiger charge is -2.25. The highest BCUT2D eigenvalue weighted by molar-refractivity contribution is 5.92. The van der Waals surface area contributed by atoms with Gasteiger partial charge in [0.15, 0.2) is 0 Å². The maximum Gasteiger partial charge on any atom is 0.345 e. The summed E-state index contributed by atoms with van der Waals surface area (Å²) in [5.41, 5.74) is 0.410. The first-order valence-electron chi connectivity index (χ1n) is 9.98. The number of carbonyl (C=O) groups is 2. The highest BCUT2D eigenvalue weighted by atomic mass is 16.2. The zero-order valence-corrected chi connectivity index (χ0v) is 16.5. The Morgan fingerprint density at radius 3 is 2.70 bits per heavy atom. The molecular weight excluding hydrogens is 344 g/mol. The zero-order chi connectivity index (χ0) is 19.6. The lowest BCUT2D eigenvalue weighted by Crippen LogP contribution is -2.37. The molecule has 1 aromatic heterocycles. The predicted molar refractivity (Wildman–Crippen MR) is 102 cm³/mol. The van der Waals surface area contributed by atoms with Crippen molar-refractivity contribution in [3.8, 4) is 0 Å². The number of rotatable bonds is 6. The topological polar surface area (TPSA) is 86.4 Å². The molecule has 148 valence electrons. The average Bonchev–Trinajstić information content (AvgIpc) is 3.22. The Hall–Kier alpha value is -2.18. The molecule has 27 heavy (non-hydrogen) atoms. The van der Waals surface area contributed by atoms with Gasteiger partial charge in [-0.15, -0.1) is 0 Å². The molecule has 3 rings (SSSR count). The number of carbonyl (C=O) groups excluding carboxylic acids is 2. The number of aromatic amines is 1. The first-order chi connectivity index (χ1) is 12.8. The fraction of sp³-hybridized carbons (Fsp3) is 0.700. The third-order valence-corrected chi connectivity index (χ3v) is 5.53. The second kappa shape index (κ2) is 8.23. The maximum absolute atomic E-state index is 12.8. The summed E-state index contributed by atoms with van der Waals surface area (Å²) in [6.45, 7) is 5.34. The molecular formula is C20H30N4O3. The summed E-state index contributed by atoms with van der Waals surface area (Å²) in [7, 11) is 1.72. The second-order valence-electron chi connectivity index (χ2n) is 8.43. The molecule has 1 saturated heterocycles. The summed E-state index contributed by atoms with van der Waals surface area (Å²) >= 11 is 0. The van der Waals surface area contributed by atoms with Crippen LogP contribution in [-0.2, 0) is 11.2 Å². The minimum absolute atomic E-state index is 0.143. The van der Waals surface area contributed by atoms with Crippen molar-refractivity contribution in [2.24, 2.45) is 11.8 Å². The molecule has 0 aromatic carbocycles. The number of aromatic nitrogens is 2. The van der Waals surface area contributed by atoms with Crippen LogP contribution in [0.1, 0.15) is 62.1 Å². The summed E-state index contributed by atoms with van der Waals surface area (Å²) in [6.07, 6.45) is 5.78. The fourth-order valence-electron chi connectivity index (χ4n) is 4.33. The van der Waals surface area contributed by atoms with Gasteiger partial charge in [-0.25, -0.2) is 4.79 Å². The van der Waals surface area contributed by atoms with Gasteiger partial charge in [0.25, 0.3) is 5.91 Å². The Morgan fingerprint density at radius 2 is 2.04 bits per heavy atom. The molecule has 0 bridgehead atoms. The lowest BCUT2D eigenvalue weighted by molar-refractivity contribution is -0.129. The molecule has 2 aliphatic rings. The molecule has 1 unspecified atom stereocenters. The number of hydrogen-bond acceptors (Lipinski definition) is 4. The Bertz CT molecular complexity index is 752. The van der Waals surface area contributed by atoms with Crippen molar-refractivity contribution in [2.45, 2.75) is 58.4 Å². The summed E-state index contributed by atoms with van der Waals surface area (Å²) in [6, 6.07) is 2.06. The Morgan fingerprint density at radius 1 is 1.33 bits per heavy atom. The predicted octanol–water partition coefficient (Wildman–Crippen LogP) is 1.83. The first-order valence-corrected chi connectivity index (χ1v) is 9.98. The largest absolute Gasteiger partial charge is 0.345 e. The minimum atomic E-state index is -0.492. The van der Waals surface area contributed by atoms with Crippen molar-refractivity contribution in [3.05, 3.63) is 27.9 Å². The van der Waals surface area contributed by atoms with E-state index in [2.05, 4.69) is 23.8 Å². The van der Waals surface area contributed by atoms with Gasteiger partial charge in [0.05, 0.1) is 0 Å². The average molecular weight is 374 g/mol. The van der Waals surface area contributed by atoms with Crippen LogP contribution in [0.2, 0.25) is 0 Å². The molecule has 1 atom stereocenters. The van der Waals surface area contributed by atoms with Crippen LogP contribution in [0.25, 0.3) is 0 Å². The van der Waals surface area contributed by atoms with Gasteiger partial charge in [0.1, 0.15) is 5.69 Å². The van der Waals surface area contributed by atoms with Crippen LogP contribution in [0, 0.1) is 11.8 Å². The molecule has 1 aromatic rings. The molecule has 1 aliphatic carbocycles. The standard InChI is InChI=1S/C20H30N4O3/c1-13(2)8-15-10-17(22-20(27)21-15)19(26)23(3)11-14-9-18(25)24(12-14)16-6-4-5-7-16/h10,13-14,16H,4-9,11-12H2,1-3H3,(H,21,22,27). The van der Waals surface area contributed by atoms with Gasteiger partial charge in [0, 0.05) is 44.2 Å². The first kappa shape index (κ1) is 19.6. The van der Waals surface area contributed by atoms with Crippen LogP contribution in [-0.4, -0.2) is 57.8 Å². The SMILES string of the molecule is CC(C)Cc1cc(C(=O)N(C)CC2CC(=O)N(C3CCCC3)C2)nc(=O)[nH]1. The number of likely N-dealkylation sites (tertiary alicyclic amines) is 1. The smallest absolute Gasteiger partial charge is 0.340 e. The van der Waals surface area contributed by atoms with Crippen LogP contribution in [0.15, 0.2) is 10.9 Å².